The summed E-state index contributed by atoms with van der Waals surface area (Å²) in [5, 5.41) is 14.6. The summed E-state index contributed by atoms with van der Waals surface area (Å²) in [6.07, 6.45) is 4.03. The van der Waals surface area contributed by atoms with Crippen LogP contribution in [-0.2, 0) is 20.6 Å². The fourth-order valence-electron chi connectivity index (χ4n) is 3.40. The first kappa shape index (κ1) is 17.5. The molecule has 0 radical (unpaired) electrons. The molecule has 3 aromatic heterocycles. The summed E-state index contributed by atoms with van der Waals surface area (Å²) in [5.41, 5.74) is 7.06. The summed E-state index contributed by atoms with van der Waals surface area (Å²) >= 11 is 6.17. The average Bonchev–Trinajstić information content (AvgIpc) is 3.24. The predicted molar refractivity (Wildman–Crippen MR) is 107 cm³/mol. The van der Waals surface area contributed by atoms with Gasteiger partial charge in [-0.1, -0.05) is 23.7 Å². The zero-order valence-corrected chi connectivity index (χ0v) is 16.6. The highest BCUT2D eigenvalue weighted by Crippen LogP contribution is 2.30. The van der Waals surface area contributed by atoms with E-state index >= 15 is 0 Å². The van der Waals surface area contributed by atoms with Gasteiger partial charge in [0.1, 0.15) is 0 Å². The van der Waals surface area contributed by atoms with Crippen molar-refractivity contribution in [2.75, 3.05) is 0 Å². The summed E-state index contributed by atoms with van der Waals surface area (Å²) in [6, 6.07) is 9.98. The van der Waals surface area contributed by atoms with Crippen LogP contribution in [0.5, 0.6) is 0 Å². The zero-order chi connectivity index (χ0) is 19.1. The molecule has 0 atom stereocenters. The number of halogens is 1. The van der Waals surface area contributed by atoms with Gasteiger partial charge < -0.3 is 0 Å². The Hall–Kier alpha value is -2.86. The molecule has 0 saturated carbocycles. The van der Waals surface area contributed by atoms with E-state index < -0.39 is 0 Å². The van der Waals surface area contributed by atoms with Crippen molar-refractivity contribution < 1.29 is 0 Å². The van der Waals surface area contributed by atoms with Crippen molar-refractivity contribution in [2.24, 2.45) is 14.1 Å². The molecule has 27 heavy (non-hydrogen) atoms. The van der Waals surface area contributed by atoms with Crippen molar-refractivity contribution in [3.05, 3.63) is 64.7 Å². The van der Waals surface area contributed by atoms with Gasteiger partial charge >= 0.3 is 0 Å². The molecule has 7 heteroatoms. The molecule has 0 spiro atoms. The fraction of sp³-hybridized carbons (Fsp3) is 0.250. The standard InChI is InChI=1S/C20H21ClN6/c1-13-17(11-25(3)22-13)19-9-20(18-12-26(4)23-14(18)2)27(24-19)10-15-6-5-7-16(21)8-15/h5-9,11-12H,10H2,1-4H3. The molecule has 0 aliphatic rings. The Kier molecular flexibility index (Phi) is 4.36. The molecule has 1 aromatic carbocycles. The SMILES string of the molecule is Cc1nn(C)cc1-c1cc(-c2cn(C)nc2C)n(Cc2cccc(Cl)c2)n1. The van der Waals surface area contributed by atoms with E-state index in [0.717, 1.165) is 44.5 Å². The van der Waals surface area contributed by atoms with Crippen LogP contribution in [0.15, 0.2) is 42.7 Å². The van der Waals surface area contributed by atoms with Gasteiger partial charge in [0.05, 0.1) is 29.3 Å². The number of hydrogen-bond acceptors (Lipinski definition) is 3. The molecule has 0 saturated heterocycles. The minimum Gasteiger partial charge on any atom is -0.275 e. The molecule has 0 aliphatic heterocycles. The second-order valence-corrected chi connectivity index (χ2v) is 7.24. The van der Waals surface area contributed by atoms with Crippen LogP contribution >= 0.6 is 11.6 Å². The van der Waals surface area contributed by atoms with Crippen LogP contribution in [0.3, 0.4) is 0 Å². The average molecular weight is 381 g/mol. The molecule has 0 N–H and O–H groups in total. The molecule has 4 rings (SSSR count). The lowest BCUT2D eigenvalue weighted by Crippen LogP contribution is -2.04. The van der Waals surface area contributed by atoms with Gasteiger partial charge in [0.25, 0.3) is 0 Å². The number of rotatable bonds is 4. The van der Waals surface area contributed by atoms with E-state index in [9.17, 15) is 0 Å². The second kappa shape index (κ2) is 6.70. The van der Waals surface area contributed by atoms with E-state index in [1.54, 1.807) is 0 Å². The van der Waals surface area contributed by atoms with E-state index in [0.29, 0.717) is 6.54 Å². The molecule has 0 unspecified atom stereocenters. The Morgan fingerprint density at radius 2 is 1.56 bits per heavy atom. The highest BCUT2D eigenvalue weighted by molar-refractivity contribution is 6.30. The molecular weight excluding hydrogens is 360 g/mol. The topological polar surface area (TPSA) is 53.5 Å². The van der Waals surface area contributed by atoms with Crippen LogP contribution < -0.4 is 0 Å². The molecule has 4 aromatic rings. The summed E-state index contributed by atoms with van der Waals surface area (Å²) in [7, 11) is 3.85. The quantitative estimate of drug-likeness (QED) is 0.537. The lowest BCUT2D eigenvalue weighted by atomic mass is 10.1. The number of aromatic nitrogens is 6. The third-order valence-corrected chi connectivity index (χ3v) is 4.82. The molecule has 0 amide bonds. The Morgan fingerprint density at radius 1 is 0.889 bits per heavy atom. The van der Waals surface area contributed by atoms with Crippen molar-refractivity contribution in [2.45, 2.75) is 20.4 Å². The van der Waals surface area contributed by atoms with E-state index in [1.165, 1.54) is 0 Å². The lowest BCUT2D eigenvalue weighted by molar-refractivity contribution is 0.696. The minimum absolute atomic E-state index is 0.629. The van der Waals surface area contributed by atoms with Crippen molar-refractivity contribution in [1.82, 2.24) is 29.3 Å². The monoisotopic (exact) mass is 380 g/mol. The van der Waals surface area contributed by atoms with E-state index in [-0.39, 0.29) is 0 Å². The van der Waals surface area contributed by atoms with Crippen LogP contribution in [-0.4, -0.2) is 29.3 Å². The third kappa shape index (κ3) is 3.40. The lowest BCUT2D eigenvalue weighted by Gasteiger charge is -2.07. The van der Waals surface area contributed by atoms with Gasteiger partial charge in [-0.2, -0.15) is 15.3 Å². The molecular formula is C20H21ClN6. The van der Waals surface area contributed by atoms with Gasteiger partial charge in [-0.3, -0.25) is 14.0 Å². The van der Waals surface area contributed by atoms with Crippen molar-refractivity contribution in [3.63, 3.8) is 0 Å². The first-order valence-electron chi connectivity index (χ1n) is 8.74. The minimum atomic E-state index is 0.629. The van der Waals surface area contributed by atoms with Crippen LogP contribution in [0.2, 0.25) is 5.02 Å². The first-order chi connectivity index (χ1) is 12.9. The molecule has 0 bridgehead atoms. The largest absolute Gasteiger partial charge is 0.275 e. The number of hydrogen-bond donors (Lipinski definition) is 0. The Balaban J connectivity index is 1.85. The van der Waals surface area contributed by atoms with Crippen molar-refractivity contribution in [3.8, 4) is 22.5 Å². The molecule has 138 valence electrons. The van der Waals surface area contributed by atoms with Gasteiger partial charge in [0, 0.05) is 42.6 Å². The predicted octanol–water partition coefficient (Wildman–Crippen LogP) is 4.00. The van der Waals surface area contributed by atoms with Crippen LogP contribution in [0, 0.1) is 13.8 Å². The van der Waals surface area contributed by atoms with Crippen molar-refractivity contribution in [1.29, 1.82) is 0 Å². The summed E-state index contributed by atoms with van der Waals surface area (Å²) in [6.45, 7) is 4.64. The van der Waals surface area contributed by atoms with Crippen LogP contribution in [0.4, 0.5) is 0 Å². The zero-order valence-electron chi connectivity index (χ0n) is 15.8. The van der Waals surface area contributed by atoms with Gasteiger partial charge in [0.15, 0.2) is 0 Å². The number of nitrogens with zero attached hydrogens (tertiary/aromatic N) is 6. The normalized spacial score (nSPS) is 11.3. The Labute approximate surface area is 163 Å². The highest BCUT2D eigenvalue weighted by Gasteiger charge is 2.18. The molecule has 6 nitrogen and oxygen atoms in total. The van der Waals surface area contributed by atoms with E-state index in [2.05, 4.69) is 22.3 Å². The third-order valence-electron chi connectivity index (χ3n) is 4.58. The summed E-state index contributed by atoms with van der Waals surface area (Å²) in [5.74, 6) is 0. The van der Waals surface area contributed by atoms with E-state index in [1.807, 2.05) is 72.6 Å². The summed E-state index contributed by atoms with van der Waals surface area (Å²) in [4.78, 5) is 0. The van der Waals surface area contributed by atoms with Crippen LogP contribution in [0.25, 0.3) is 22.5 Å². The molecule has 0 fully saturated rings. The van der Waals surface area contributed by atoms with Gasteiger partial charge in [-0.15, -0.1) is 0 Å². The van der Waals surface area contributed by atoms with E-state index in [4.69, 9.17) is 16.7 Å². The molecule has 0 aliphatic carbocycles. The first-order valence-corrected chi connectivity index (χ1v) is 9.12. The van der Waals surface area contributed by atoms with Gasteiger partial charge in [-0.25, -0.2) is 0 Å². The summed E-state index contributed by atoms with van der Waals surface area (Å²) < 4.78 is 5.66. The van der Waals surface area contributed by atoms with Crippen molar-refractivity contribution >= 4 is 11.6 Å². The number of aryl methyl sites for hydroxylation is 4. The fourth-order valence-corrected chi connectivity index (χ4v) is 3.61. The number of benzene rings is 1. The Morgan fingerprint density at radius 3 is 2.15 bits per heavy atom. The maximum absolute atomic E-state index is 6.17. The smallest absolute Gasteiger partial charge is 0.0964 e. The second-order valence-electron chi connectivity index (χ2n) is 6.81. The molecule has 3 heterocycles. The highest BCUT2D eigenvalue weighted by atomic mass is 35.5. The van der Waals surface area contributed by atoms with Gasteiger partial charge in [-0.05, 0) is 37.6 Å². The van der Waals surface area contributed by atoms with Gasteiger partial charge in [0.2, 0.25) is 0 Å². The Bertz CT molecular complexity index is 1120. The van der Waals surface area contributed by atoms with Crippen LogP contribution in [0.1, 0.15) is 17.0 Å². The maximum atomic E-state index is 6.17. The maximum Gasteiger partial charge on any atom is 0.0964 e.